The van der Waals surface area contributed by atoms with Crippen LogP contribution in [0, 0.1) is 0 Å². The van der Waals surface area contributed by atoms with E-state index in [9.17, 15) is 0 Å². The molecule has 8 heavy (non-hydrogen) atoms. The van der Waals surface area contributed by atoms with Gasteiger partial charge >= 0.3 is 32.7 Å². The molecule has 0 spiro atoms. The molecular formula is C2H9O5Y+2. The average molecular weight is 202 g/mol. The Hall–Kier alpha value is 0.454. The van der Waals surface area contributed by atoms with Crippen molar-refractivity contribution >= 4 is 5.97 Å². The molecular weight excluding hydrogens is 193 g/mol. The molecule has 0 atom stereocenters. The van der Waals surface area contributed by atoms with Crippen LogP contribution in [-0.4, -0.2) is 22.4 Å². The Morgan fingerprint density at radius 2 is 1.25 bits per heavy atom. The molecule has 6 heteroatoms. The fourth-order valence-corrected chi connectivity index (χ4v) is 0. The third-order valence-corrected chi connectivity index (χ3v) is 0. The molecule has 0 amide bonds. The molecule has 0 saturated heterocycles. The van der Waals surface area contributed by atoms with Crippen molar-refractivity contribution < 1.29 is 59.0 Å². The number of rotatable bonds is 0. The molecule has 0 heterocycles. The molecule has 0 unspecified atom stereocenters. The summed E-state index contributed by atoms with van der Waals surface area (Å²) in [5.41, 5.74) is 0. The van der Waals surface area contributed by atoms with Gasteiger partial charge in [-0.05, 0) is 6.92 Å². The van der Waals surface area contributed by atoms with Gasteiger partial charge in [0.25, 0.3) is 0 Å². The first kappa shape index (κ1) is 39.4. The van der Waals surface area contributed by atoms with Gasteiger partial charge in [0.2, 0.25) is 0 Å². The van der Waals surface area contributed by atoms with E-state index in [1.807, 2.05) is 0 Å². The number of carbonyl (C=O) groups is 1. The predicted octanol–water partition coefficient (Wildman–Crippen LogP) is -3.72. The van der Waals surface area contributed by atoms with E-state index < -0.39 is 5.97 Å². The average Bonchev–Trinajstić information content (AvgIpc) is 0.811. The van der Waals surface area contributed by atoms with E-state index in [2.05, 4.69) is 0 Å². The van der Waals surface area contributed by atoms with E-state index in [4.69, 9.17) is 9.90 Å². The Morgan fingerprint density at radius 3 is 1.25 bits per heavy atom. The minimum absolute atomic E-state index is 0. The first-order valence-electron chi connectivity index (χ1n) is 0.908. The molecule has 5 nitrogen and oxygen atoms in total. The van der Waals surface area contributed by atoms with E-state index in [0.29, 0.717) is 0 Å². The summed E-state index contributed by atoms with van der Waals surface area (Å²) in [5, 5.41) is 8.89. The quantitative estimate of drug-likeness (QED) is 0.399. The van der Waals surface area contributed by atoms with Crippen molar-refractivity contribution in [2.24, 2.45) is 0 Å². The van der Waals surface area contributed by atoms with Gasteiger partial charge in [-0.3, -0.25) is 0 Å². The van der Waals surface area contributed by atoms with Gasteiger partial charge in [-0.25, -0.2) is 0 Å². The van der Waals surface area contributed by atoms with Gasteiger partial charge in [0, 0.05) is 5.97 Å². The van der Waals surface area contributed by atoms with Crippen molar-refractivity contribution in [2.75, 3.05) is 0 Å². The molecule has 0 aliphatic rings. The SMILES string of the molecule is CC(=O)[O-].O.O.O.[Y+3]. The molecule has 0 aromatic rings. The zero-order valence-corrected chi connectivity index (χ0v) is 7.23. The number of aliphatic carboxylic acids is 1. The summed E-state index contributed by atoms with van der Waals surface area (Å²) in [6, 6.07) is 0. The molecule has 48 valence electrons. The second kappa shape index (κ2) is 26.0. The van der Waals surface area contributed by atoms with Crippen LogP contribution in [0.2, 0.25) is 0 Å². The van der Waals surface area contributed by atoms with Crippen molar-refractivity contribution in [1.82, 2.24) is 0 Å². The standard InChI is InChI=1S/C2H4O2.3H2O.Y/c1-2(3)4;;;;/h1H3,(H,3,4);3*1H2;/q;;;;+3/p-1. The largest absolute Gasteiger partial charge is 3.00 e. The summed E-state index contributed by atoms with van der Waals surface area (Å²) in [7, 11) is 0. The first-order valence-corrected chi connectivity index (χ1v) is 0.908. The molecule has 0 rings (SSSR count). The van der Waals surface area contributed by atoms with Crippen molar-refractivity contribution in [2.45, 2.75) is 6.92 Å². The predicted molar refractivity (Wildman–Crippen MR) is 21.5 cm³/mol. The maximum absolute atomic E-state index is 8.89. The van der Waals surface area contributed by atoms with Crippen molar-refractivity contribution in [1.29, 1.82) is 0 Å². The first-order chi connectivity index (χ1) is 1.73. The van der Waals surface area contributed by atoms with Crippen molar-refractivity contribution in [3.63, 3.8) is 0 Å². The van der Waals surface area contributed by atoms with Crippen LogP contribution < -0.4 is 5.11 Å². The molecule has 0 fully saturated rings. The summed E-state index contributed by atoms with van der Waals surface area (Å²) in [6.07, 6.45) is 0. The van der Waals surface area contributed by atoms with Gasteiger partial charge in [0.15, 0.2) is 0 Å². The Bertz CT molecular complexity index is 33.4. The Morgan fingerprint density at radius 1 is 1.25 bits per heavy atom. The van der Waals surface area contributed by atoms with Gasteiger partial charge in [-0.15, -0.1) is 0 Å². The van der Waals surface area contributed by atoms with Gasteiger partial charge in [-0.2, -0.15) is 0 Å². The molecule has 0 aromatic heterocycles. The second-order valence-corrected chi connectivity index (χ2v) is 0.492. The molecule has 0 radical (unpaired) electrons. The number of carbonyl (C=O) groups excluding carboxylic acids is 1. The van der Waals surface area contributed by atoms with Gasteiger partial charge in [-0.1, -0.05) is 0 Å². The Balaban J connectivity index is -0.00000000750. The monoisotopic (exact) mass is 202 g/mol. The van der Waals surface area contributed by atoms with E-state index in [1.165, 1.54) is 0 Å². The third-order valence-electron chi connectivity index (χ3n) is 0. The van der Waals surface area contributed by atoms with Crippen LogP contribution in [-0.2, 0) is 37.5 Å². The van der Waals surface area contributed by atoms with Crippen LogP contribution in [0.3, 0.4) is 0 Å². The molecule has 0 aliphatic heterocycles. The minimum Gasteiger partial charge on any atom is -0.550 e. The normalized spacial score (nSPS) is 3.12. The van der Waals surface area contributed by atoms with Gasteiger partial charge < -0.3 is 26.3 Å². The van der Waals surface area contributed by atoms with Crippen LogP contribution in [0.25, 0.3) is 0 Å². The molecule has 0 aromatic carbocycles. The second-order valence-electron chi connectivity index (χ2n) is 0.492. The topological polar surface area (TPSA) is 135 Å². The van der Waals surface area contributed by atoms with E-state index >= 15 is 0 Å². The molecule has 6 N–H and O–H groups in total. The smallest absolute Gasteiger partial charge is 0.550 e. The van der Waals surface area contributed by atoms with Crippen LogP contribution in [0.15, 0.2) is 0 Å². The third kappa shape index (κ3) is 932. The van der Waals surface area contributed by atoms with Crippen LogP contribution in [0.1, 0.15) is 6.92 Å². The van der Waals surface area contributed by atoms with Crippen molar-refractivity contribution in [3.05, 3.63) is 0 Å². The molecule has 0 bridgehead atoms. The van der Waals surface area contributed by atoms with Crippen molar-refractivity contribution in [3.8, 4) is 0 Å². The summed E-state index contributed by atoms with van der Waals surface area (Å²) in [5.74, 6) is -1.08. The maximum atomic E-state index is 8.89. The number of hydrogen-bond acceptors (Lipinski definition) is 2. The number of hydrogen-bond donors (Lipinski definition) is 0. The maximum Gasteiger partial charge on any atom is 3.00 e. The van der Waals surface area contributed by atoms with Crippen LogP contribution in [0.5, 0.6) is 0 Å². The summed E-state index contributed by atoms with van der Waals surface area (Å²) in [4.78, 5) is 8.89. The molecule has 0 saturated carbocycles. The summed E-state index contributed by atoms with van der Waals surface area (Å²) >= 11 is 0. The zero-order valence-electron chi connectivity index (χ0n) is 4.39. The van der Waals surface area contributed by atoms with Gasteiger partial charge in [0.1, 0.15) is 0 Å². The number of carboxylic acids is 1. The summed E-state index contributed by atoms with van der Waals surface area (Å²) in [6.45, 7) is 0.972. The summed E-state index contributed by atoms with van der Waals surface area (Å²) < 4.78 is 0. The zero-order chi connectivity index (χ0) is 3.58. The van der Waals surface area contributed by atoms with Crippen LogP contribution in [0.4, 0.5) is 0 Å². The molecule has 0 aliphatic carbocycles. The fraction of sp³-hybridized carbons (Fsp3) is 0.500. The van der Waals surface area contributed by atoms with E-state index in [-0.39, 0.29) is 49.1 Å². The number of carboxylic acid groups (broad SMARTS) is 1. The van der Waals surface area contributed by atoms with E-state index in [0.717, 1.165) is 6.92 Å². The Kier molecular flexibility index (Phi) is 128. The fourth-order valence-electron chi connectivity index (χ4n) is 0. The van der Waals surface area contributed by atoms with E-state index in [1.54, 1.807) is 0 Å². The van der Waals surface area contributed by atoms with Gasteiger partial charge in [0.05, 0.1) is 0 Å². The Labute approximate surface area is 71.9 Å². The minimum atomic E-state index is -1.08. The van der Waals surface area contributed by atoms with Crippen LogP contribution >= 0.6 is 0 Å².